The van der Waals surface area contributed by atoms with Gasteiger partial charge in [0.15, 0.2) is 0 Å². The fourth-order valence-electron chi connectivity index (χ4n) is 1.99. The minimum absolute atomic E-state index is 0.0752. The largest absolute Gasteiger partial charge is 0.386 e. The topological polar surface area (TPSA) is 80.0 Å². The van der Waals surface area contributed by atoms with Crippen molar-refractivity contribution in [2.45, 2.75) is 17.5 Å². The molecule has 3 N–H and O–H groups in total. The van der Waals surface area contributed by atoms with E-state index in [9.17, 15) is 15.2 Å². The van der Waals surface area contributed by atoms with Gasteiger partial charge >= 0.3 is 0 Å². The first-order valence-electron chi connectivity index (χ1n) is 7.16. The van der Waals surface area contributed by atoms with Gasteiger partial charge in [0.25, 0.3) is 5.69 Å². The SMILES string of the molecule is O=[N+]([O-])c1ccc(SC[C@H](O)C[NH2+]Cc2ccc(Cl)cc2)cc1. The third-order valence-corrected chi connectivity index (χ3v) is 4.63. The van der Waals surface area contributed by atoms with Crippen LogP contribution in [0, 0.1) is 10.1 Å². The molecule has 0 fully saturated rings. The molecule has 0 saturated carbocycles. The first-order valence-corrected chi connectivity index (χ1v) is 8.52. The molecule has 7 heteroatoms. The maximum Gasteiger partial charge on any atom is 0.269 e. The number of non-ortho nitro benzene ring substituents is 1. The van der Waals surface area contributed by atoms with Crippen LogP contribution in [0.3, 0.4) is 0 Å². The van der Waals surface area contributed by atoms with Crippen LogP contribution < -0.4 is 5.32 Å². The molecule has 5 nitrogen and oxygen atoms in total. The molecule has 1 atom stereocenters. The van der Waals surface area contributed by atoms with Crippen molar-refractivity contribution in [3.8, 4) is 0 Å². The number of nitro benzene ring substituents is 1. The summed E-state index contributed by atoms with van der Waals surface area (Å²) in [6.07, 6.45) is -0.442. The van der Waals surface area contributed by atoms with Crippen LogP contribution in [-0.2, 0) is 6.54 Å². The number of aliphatic hydroxyl groups is 1. The molecule has 0 bridgehead atoms. The Kier molecular flexibility index (Phi) is 6.85. The standard InChI is InChI=1S/C16H17ClN2O3S/c17-13-3-1-12(2-4-13)9-18-10-15(20)11-23-16-7-5-14(6-8-16)19(21)22/h1-8,15,18,20H,9-11H2/p+1/t15-/m1/s1. The molecular weight excluding hydrogens is 336 g/mol. The second-order valence-corrected chi connectivity index (χ2v) is 6.60. The second kappa shape index (κ2) is 8.88. The number of benzene rings is 2. The smallest absolute Gasteiger partial charge is 0.269 e. The average Bonchev–Trinajstić information content (AvgIpc) is 2.55. The number of nitrogens with two attached hydrogens (primary N) is 1. The van der Waals surface area contributed by atoms with Crippen LogP contribution in [0.15, 0.2) is 53.4 Å². The van der Waals surface area contributed by atoms with E-state index in [0.717, 1.165) is 17.0 Å². The van der Waals surface area contributed by atoms with Crippen molar-refractivity contribution in [2.24, 2.45) is 0 Å². The van der Waals surface area contributed by atoms with Crippen molar-refractivity contribution >= 4 is 29.1 Å². The Morgan fingerprint density at radius 1 is 1.17 bits per heavy atom. The number of nitrogens with zero attached hydrogens (tertiary/aromatic N) is 1. The van der Waals surface area contributed by atoms with E-state index in [1.165, 1.54) is 23.9 Å². The highest BCUT2D eigenvalue weighted by Crippen LogP contribution is 2.21. The molecule has 0 spiro atoms. The lowest BCUT2D eigenvalue weighted by Crippen LogP contribution is -2.85. The quantitative estimate of drug-likeness (QED) is 0.434. The molecule has 0 aliphatic rings. The molecule has 0 heterocycles. The van der Waals surface area contributed by atoms with Crippen molar-refractivity contribution in [2.75, 3.05) is 12.3 Å². The van der Waals surface area contributed by atoms with Gasteiger partial charge < -0.3 is 10.4 Å². The maximum absolute atomic E-state index is 10.6. The molecule has 23 heavy (non-hydrogen) atoms. The highest BCUT2D eigenvalue weighted by atomic mass is 35.5. The predicted octanol–water partition coefficient (Wildman–Crippen LogP) is 2.46. The Morgan fingerprint density at radius 2 is 1.83 bits per heavy atom. The lowest BCUT2D eigenvalue weighted by Gasteiger charge is -2.09. The number of nitro groups is 1. The van der Waals surface area contributed by atoms with E-state index in [1.54, 1.807) is 12.1 Å². The summed E-state index contributed by atoms with van der Waals surface area (Å²) in [6, 6.07) is 14.0. The van der Waals surface area contributed by atoms with Crippen LogP contribution in [0.5, 0.6) is 0 Å². The first kappa shape index (κ1) is 17.7. The molecule has 0 aliphatic heterocycles. The Morgan fingerprint density at radius 3 is 2.43 bits per heavy atom. The third kappa shape index (κ3) is 6.19. The average molecular weight is 354 g/mol. The predicted molar refractivity (Wildman–Crippen MR) is 91.8 cm³/mol. The normalized spacial score (nSPS) is 12.1. The lowest BCUT2D eigenvalue weighted by atomic mass is 10.2. The van der Waals surface area contributed by atoms with Crippen molar-refractivity contribution in [3.63, 3.8) is 0 Å². The van der Waals surface area contributed by atoms with E-state index < -0.39 is 11.0 Å². The zero-order chi connectivity index (χ0) is 16.7. The molecule has 2 rings (SSSR count). The van der Waals surface area contributed by atoms with E-state index >= 15 is 0 Å². The Bertz CT molecular complexity index is 635. The van der Waals surface area contributed by atoms with Crippen LogP contribution in [0.1, 0.15) is 5.56 Å². The molecule has 0 saturated heterocycles. The van der Waals surface area contributed by atoms with Crippen LogP contribution in [0.4, 0.5) is 5.69 Å². The number of rotatable bonds is 8. The van der Waals surface area contributed by atoms with Gasteiger partial charge in [0.2, 0.25) is 0 Å². The van der Waals surface area contributed by atoms with Crippen LogP contribution >= 0.6 is 23.4 Å². The number of hydrogen-bond acceptors (Lipinski definition) is 4. The molecule has 0 aromatic heterocycles. The lowest BCUT2D eigenvalue weighted by molar-refractivity contribution is -0.675. The molecule has 2 aromatic carbocycles. The van der Waals surface area contributed by atoms with E-state index in [0.29, 0.717) is 17.3 Å². The molecule has 0 aliphatic carbocycles. The van der Waals surface area contributed by atoms with E-state index in [4.69, 9.17) is 11.6 Å². The number of quaternary nitrogens is 1. The minimum atomic E-state index is -0.442. The molecular formula is C16H18ClN2O3S+. The van der Waals surface area contributed by atoms with Crippen molar-refractivity contribution in [3.05, 3.63) is 69.2 Å². The van der Waals surface area contributed by atoms with E-state index in [2.05, 4.69) is 0 Å². The number of halogens is 1. The summed E-state index contributed by atoms with van der Waals surface area (Å²) in [5.41, 5.74) is 1.23. The van der Waals surface area contributed by atoms with Crippen LogP contribution in [0.2, 0.25) is 5.02 Å². The molecule has 122 valence electrons. The van der Waals surface area contributed by atoms with Gasteiger partial charge in [0.1, 0.15) is 19.2 Å². The van der Waals surface area contributed by atoms with Gasteiger partial charge in [-0.3, -0.25) is 10.1 Å². The third-order valence-electron chi connectivity index (χ3n) is 3.22. The zero-order valence-electron chi connectivity index (χ0n) is 12.4. The summed E-state index contributed by atoms with van der Waals surface area (Å²) in [6.45, 7) is 1.39. The van der Waals surface area contributed by atoms with Crippen molar-refractivity contribution in [1.29, 1.82) is 0 Å². The second-order valence-electron chi connectivity index (χ2n) is 5.07. The number of aliphatic hydroxyl groups excluding tert-OH is 1. The van der Waals surface area contributed by atoms with Gasteiger partial charge in [-0.05, 0) is 24.3 Å². The van der Waals surface area contributed by atoms with Gasteiger partial charge in [-0.2, -0.15) is 0 Å². The monoisotopic (exact) mass is 353 g/mol. The number of thioether (sulfide) groups is 1. The summed E-state index contributed by atoms with van der Waals surface area (Å²) < 4.78 is 0. The summed E-state index contributed by atoms with van der Waals surface area (Å²) in [4.78, 5) is 11.1. The van der Waals surface area contributed by atoms with E-state index in [1.807, 2.05) is 29.6 Å². The van der Waals surface area contributed by atoms with Gasteiger partial charge in [-0.25, -0.2) is 0 Å². The Balaban J connectivity index is 1.69. The first-order chi connectivity index (χ1) is 11.0. The fourth-order valence-corrected chi connectivity index (χ4v) is 2.96. The summed E-state index contributed by atoms with van der Waals surface area (Å²) in [5.74, 6) is 0.551. The maximum atomic E-state index is 10.6. The molecule has 2 aromatic rings. The van der Waals surface area contributed by atoms with Gasteiger partial charge in [-0.15, -0.1) is 11.8 Å². The van der Waals surface area contributed by atoms with Crippen LogP contribution in [-0.4, -0.2) is 28.4 Å². The summed E-state index contributed by atoms with van der Waals surface area (Å²) in [7, 11) is 0. The molecule has 0 unspecified atom stereocenters. The number of hydrogen-bond donors (Lipinski definition) is 2. The molecule has 0 radical (unpaired) electrons. The van der Waals surface area contributed by atoms with Gasteiger partial charge in [0, 0.05) is 33.4 Å². The summed E-state index contributed by atoms with van der Waals surface area (Å²) >= 11 is 7.32. The van der Waals surface area contributed by atoms with E-state index in [-0.39, 0.29) is 5.69 Å². The Hall–Kier alpha value is -1.60. The summed E-state index contributed by atoms with van der Waals surface area (Å²) in [5, 5.41) is 23.3. The van der Waals surface area contributed by atoms with Crippen molar-refractivity contribution in [1.82, 2.24) is 0 Å². The zero-order valence-corrected chi connectivity index (χ0v) is 14.0. The highest BCUT2D eigenvalue weighted by molar-refractivity contribution is 7.99. The minimum Gasteiger partial charge on any atom is -0.386 e. The highest BCUT2D eigenvalue weighted by Gasteiger charge is 2.09. The van der Waals surface area contributed by atoms with Gasteiger partial charge in [0.05, 0.1) is 4.92 Å². The fraction of sp³-hybridized carbons (Fsp3) is 0.250. The van der Waals surface area contributed by atoms with Gasteiger partial charge in [-0.1, -0.05) is 23.7 Å². The Labute approximate surface area is 143 Å². The molecule has 0 amide bonds. The van der Waals surface area contributed by atoms with Crippen LogP contribution in [0.25, 0.3) is 0 Å². The van der Waals surface area contributed by atoms with Crippen molar-refractivity contribution < 1.29 is 15.3 Å².